The minimum atomic E-state index is -0.530. The minimum Gasteiger partial charge on any atom is -0.464 e. The Morgan fingerprint density at radius 3 is 2.81 bits per heavy atom. The zero-order valence-electron chi connectivity index (χ0n) is 9.11. The molecule has 0 aromatic carbocycles. The number of hydrogen-bond donors (Lipinski definition) is 0. The summed E-state index contributed by atoms with van der Waals surface area (Å²) in [6.45, 7) is 4.00. The van der Waals surface area contributed by atoms with Gasteiger partial charge in [-0.2, -0.15) is 0 Å². The van der Waals surface area contributed by atoms with Crippen molar-refractivity contribution in [2.45, 2.75) is 6.92 Å². The van der Waals surface area contributed by atoms with E-state index in [0.29, 0.717) is 11.7 Å². The second-order valence-corrected chi connectivity index (χ2v) is 4.23. The summed E-state index contributed by atoms with van der Waals surface area (Å²) in [7, 11) is 1.29. The number of ether oxygens (including phenoxy) is 1. The van der Waals surface area contributed by atoms with Crippen LogP contribution in [0, 0.1) is 5.92 Å². The Hall–Kier alpha value is -1.36. The van der Waals surface area contributed by atoms with Gasteiger partial charge in [-0.1, -0.05) is 18.5 Å². The van der Waals surface area contributed by atoms with Gasteiger partial charge in [0, 0.05) is 13.1 Å². The molecule has 0 aliphatic carbocycles. The molecular formula is C10H12ClN3O2. The molecule has 1 aliphatic rings. The summed E-state index contributed by atoms with van der Waals surface area (Å²) in [4.78, 5) is 21.3. The number of nitrogens with zero attached hydrogens (tertiary/aromatic N) is 3. The standard InChI is InChI=1S/C10H12ClN3O2/c1-6-4-14(5-6)9-8(11)13-7(3-12-9)10(15)16-2/h3,6H,4-5H2,1-2H3. The van der Waals surface area contributed by atoms with Crippen molar-refractivity contribution in [3.05, 3.63) is 17.0 Å². The average Bonchev–Trinajstić information content (AvgIpc) is 2.24. The summed E-state index contributed by atoms with van der Waals surface area (Å²) in [6.07, 6.45) is 1.38. The van der Waals surface area contributed by atoms with Crippen LogP contribution in [0.5, 0.6) is 0 Å². The number of halogens is 1. The molecule has 2 heterocycles. The van der Waals surface area contributed by atoms with Gasteiger partial charge in [0.05, 0.1) is 13.3 Å². The number of carbonyl (C=O) groups is 1. The van der Waals surface area contributed by atoms with Crippen LogP contribution in [-0.2, 0) is 4.74 Å². The largest absolute Gasteiger partial charge is 0.464 e. The van der Waals surface area contributed by atoms with Crippen LogP contribution in [0.3, 0.4) is 0 Å². The second-order valence-electron chi connectivity index (χ2n) is 3.87. The number of hydrogen-bond acceptors (Lipinski definition) is 5. The van der Waals surface area contributed by atoms with Gasteiger partial charge in [-0.25, -0.2) is 14.8 Å². The van der Waals surface area contributed by atoms with Gasteiger partial charge in [0.25, 0.3) is 0 Å². The molecule has 0 bridgehead atoms. The Labute approximate surface area is 98.4 Å². The molecule has 0 spiro atoms. The third-order valence-corrected chi connectivity index (χ3v) is 2.72. The second kappa shape index (κ2) is 4.25. The number of carbonyl (C=O) groups excluding carboxylic acids is 1. The van der Waals surface area contributed by atoms with Crippen LogP contribution in [-0.4, -0.2) is 36.1 Å². The molecule has 0 N–H and O–H groups in total. The Balaban J connectivity index is 2.20. The lowest BCUT2D eigenvalue weighted by atomic mass is 10.0. The normalized spacial score (nSPS) is 15.8. The molecule has 16 heavy (non-hydrogen) atoms. The minimum absolute atomic E-state index is 0.129. The first-order valence-corrected chi connectivity index (χ1v) is 5.35. The van der Waals surface area contributed by atoms with Crippen molar-refractivity contribution in [1.29, 1.82) is 0 Å². The van der Waals surface area contributed by atoms with Crippen LogP contribution in [0.2, 0.25) is 5.15 Å². The van der Waals surface area contributed by atoms with Crippen LogP contribution >= 0.6 is 11.6 Å². The van der Waals surface area contributed by atoms with Crippen LogP contribution in [0.15, 0.2) is 6.20 Å². The number of anilines is 1. The summed E-state index contributed by atoms with van der Waals surface area (Å²) >= 11 is 5.96. The third kappa shape index (κ3) is 1.95. The van der Waals surface area contributed by atoms with Gasteiger partial charge < -0.3 is 9.64 Å². The van der Waals surface area contributed by atoms with Crippen LogP contribution in [0.4, 0.5) is 5.82 Å². The molecule has 2 rings (SSSR count). The van der Waals surface area contributed by atoms with E-state index in [1.54, 1.807) is 0 Å². The summed E-state index contributed by atoms with van der Waals surface area (Å²) < 4.78 is 4.54. The van der Waals surface area contributed by atoms with Gasteiger partial charge in [0.15, 0.2) is 16.7 Å². The maximum atomic E-state index is 11.2. The van der Waals surface area contributed by atoms with E-state index in [0.717, 1.165) is 13.1 Å². The molecule has 0 unspecified atom stereocenters. The van der Waals surface area contributed by atoms with Gasteiger partial charge in [-0.3, -0.25) is 0 Å². The van der Waals surface area contributed by atoms with Gasteiger partial charge in [-0.05, 0) is 5.92 Å². The molecule has 1 fully saturated rings. The van der Waals surface area contributed by atoms with Crippen LogP contribution in [0.25, 0.3) is 0 Å². The van der Waals surface area contributed by atoms with E-state index in [1.165, 1.54) is 13.3 Å². The fourth-order valence-electron chi connectivity index (χ4n) is 1.65. The molecule has 1 aromatic heterocycles. The lowest BCUT2D eigenvalue weighted by Crippen LogP contribution is -2.45. The van der Waals surface area contributed by atoms with E-state index in [2.05, 4.69) is 21.6 Å². The molecule has 0 amide bonds. The van der Waals surface area contributed by atoms with E-state index in [-0.39, 0.29) is 10.8 Å². The zero-order chi connectivity index (χ0) is 11.7. The smallest absolute Gasteiger partial charge is 0.358 e. The maximum Gasteiger partial charge on any atom is 0.358 e. The lowest BCUT2D eigenvalue weighted by Gasteiger charge is -2.38. The first-order chi connectivity index (χ1) is 7.61. The van der Waals surface area contributed by atoms with Gasteiger partial charge in [-0.15, -0.1) is 0 Å². The fourth-order valence-corrected chi connectivity index (χ4v) is 1.91. The van der Waals surface area contributed by atoms with Crippen molar-refractivity contribution < 1.29 is 9.53 Å². The molecule has 1 aromatic rings. The molecule has 0 atom stereocenters. The van der Waals surface area contributed by atoms with Crippen molar-refractivity contribution in [1.82, 2.24) is 9.97 Å². The van der Waals surface area contributed by atoms with E-state index in [1.807, 2.05) is 4.90 Å². The van der Waals surface area contributed by atoms with Crippen LogP contribution in [0.1, 0.15) is 17.4 Å². The monoisotopic (exact) mass is 241 g/mol. The number of methoxy groups -OCH3 is 1. The number of esters is 1. The fraction of sp³-hybridized carbons (Fsp3) is 0.500. The summed E-state index contributed by atoms with van der Waals surface area (Å²) in [6, 6.07) is 0. The highest BCUT2D eigenvalue weighted by Gasteiger charge is 2.26. The van der Waals surface area contributed by atoms with Crippen molar-refractivity contribution in [2.24, 2.45) is 5.92 Å². The Kier molecular flexibility index (Phi) is 2.96. The highest BCUT2D eigenvalue weighted by Crippen LogP contribution is 2.27. The molecule has 6 heteroatoms. The molecular weight excluding hydrogens is 230 g/mol. The first-order valence-electron chi connectivity index (χ1n) is 4.97. The van der Waals surface area contributed by atoms with Crippen molar-refractivity contribution in [3.63, 3.8) is 0 Å². The Bertz CT molecular complexity index is 419. The average molecular weight is 242 g/mol. The Morgan fingerprint density at radius 1 is 1.62 bits per heavy atom. The van der Waals surface area contributed by atoms with Crippen molar-refractivity contribution in [2.75, 3.05) is 25.1 Å². The van der Waals surface area contributed by atoms with Gasteiger partial charge in [0.2, 0.25) is 0 Å². The number of aromatic nitrogens is 2. The van der Waals surface area contributed by atoms with Crippen molar-refractivity contribution in [3.8, 4) is 0 Å². The SMILES string of the molecule is COC(=O)c1cnc(N2CC(C)C2)c(Cl)n1. The molecule has 0 saturated carbocycles. The van der Waals surface area contributed by atoms with E-state index in [9.17, 15) is 4.79 Å². The summed E-state index contributed by atoms with van der Waals surface area (Å²) in [5, 5.41) is 0.245. The maximum absolute atomic E-state index is 11.2. The molecule has 0 radical (unpaired) electrons. The van der Waals surface area contributed by atoms with E-state index in [4.69, 9.17) is 11.6 Å². The van der Waals surface area contributed by atoms with Crippen LogP contribution < -0.4 is 4.90 Å². The van der Waals surface area contributed by atoms with E-state index >= 15 is 0 Å². The topological polar surface area (TPSA) is 55.3 Å². The first kappa shape index (κ1) is 11.1. The number of rotatable bonds is 2. The molecule has 86 valence electrons. The third-order valence-electron chi connectivity index (χ3n) is 2.47. The van der Waals surface area contributed by atoms with Crippen molar-refractivity contribution >= 4 is 23.4 Å². The molecule has 1 saturated heterocycles. The highest BCUT2D eigenvalue weighted by atomic mass is 35.5. The summed E-state index contributed by atoms with van der Waals surface area (Å²) in [5.74, 6) is 0.753. The molecule has 5 nitrogen and oxygen atoms in total. The van der Waals surface area contributed by atoms with Gasteiger partial charge in [0.1, 0.15) is 0 Å². The lowest BCUT2D eigenvalue weighted by molar-refractivity contribution is 0.0593. The molecule has 1 aliphatic heterocycles. The predicted octanol–water partition coefficient (Wildman–Crippen LogP) is 1.37. The Morgan fingerprint density at radius 2 is 2.31 bits per heavy atom. The zero-order valence-corrected chi connectivity index (χ0v) is 9.86. The quantitative estimate of drug-likeness (QED) is 0.732. The van der Waals surface area contributed by atoms with E-state index < -0.39 is 5.97 Å². The highest BCUT2D eigenvalue weighted by molar-refractivity contribution is 6.31. The predicted molar refractivity (Wildman–Crippen MR) is 59.8 cm³/mol. The van der Waals surface area contributed by atoms with Gasteiger partial charge >= 0.3 is 5.97 Å². The summed E-state index contributed by atoms with van der Waals surface area (Å²) in [5.41, 5.74) is 0.129.